The average molecular weight is 209 g/mol. The van der Waals surface area contributed by atoms with Crippen LogP contribution in [-0.2, 0) is 0 Å². The average Bonchev–Trinajstić information content (AvgIpc) is 2.08. The Morgan fingerprint density at radius 1 is 1.62 bits per heavy atom. The highest BCUT2D eigenvalue weighted by molar-refractivity contribution is 6.32. The van der Waals surface area contributed by atoms with Crippen molar-refractivity contribution in [3.8, 4) is 5.88 Å². The number of alkyl halides is 2. The molecule has 3 nitrogen and oxygen atoms in total. The predicted octanol–water partition coefficient (Wildman–Crippen LogP) is 2.26. The number of hydrogen-bond acceptors (Lipinski definition) is 3. The van der Waals surface area contributed by atoms with E-state index in [0.717, 1.165) is 6.07 Å². The third-order valence-electron chi connectivity index (χ3n) is 1.42. The first-order valence-electron chi connectivity index (χ1n) is 3.34. The Balaban J connectivity index is 3.25. The summed E-state index contributed by atoms with van der Waals surface area (Å²) < 4.78 is 29.2. The van der Waals surface area contributed by atoms with Gasteiger partial charge in [-0.3, -0.25) is 0 Å². The molecule has 2 N–H and O–H groups in total. The molecule has 0 bridgehead atoms. The van der Waals surface area contributed by atoms with Crippen molar-refractivity contribution in [1.82, 2.24) is 4.98 Å². The molecule has 72 valence electrons. The molecule has 0 aliphatic carbocycles. The summed E-state index contributed by atoms with van der Waals surface area (Å²) in [5.74, 6) is -0.222. The van der Waals surface area contributed by atoms with Crippen molar-refractivity contribution < 1.29 is 13.5 Å². The van der Waals surface area contributed by atoms with Crippen LogP contribution in [0.2, 0.25) is 5.02 Å². The van der Waals surface area contributed by atoms with Gasteiger partial charge in [0.1, 0.15) is 5.82 Å². The summed E-state index contributed by atoms with van der Waals surface area (Å²) in [6.45, 7) is 0. The van der Waals surface area contributed by atoms with Gasteiger partial charge in [-0.1, -0.05) is 11.6 Å². The molecule has 0 amide bonds. The van der Waals surface area contributed by atoms with E-state index in [0.29, 0.717) is 0 Å². The lowest BCUT2D eigenvalue weighted by Crippen LogP contribution is -2.00. The van der Waals surface area contributed by atoms with Crippen molar-refractivity contribution in [2.24, 2.45) is 0 Å². The Bertz CT molecular complexity index is 320. The SMILES string of the molecule is COc1nc(N)c(Cl)cc1C(F)F. The van der Waals surface area contributed by atoms with E-state index in [1.807, 2.05) is 0 Å². The normalized spacial score (nSPS) is 10.5. The van der Waals surface area contributed by atoms with Crippen LogP contribution < -0.4 is 10.5 Å². The van der Waals surface area contributed by atoms with E-state index < -0.39 is 6.43 Å². The van der Waals surface area contributed by atoms with Crippen LogP contribution >= 0.6 is 11.6 Å². The van der Waals surface area contributed by atoms with Gasteiger partial charge in [0.2, 0.25) is 5.88 Å². The van der Waals surface area contributed by atoms with Crippen LogP contribution in [0.3, 0.4) is 0 Å². The van der Waals surface area contributed by atoms with Crippen LogP contribution in [0, 0.1) is 0 Å². The number of aromatic nitrogens is 1. The summed E-state index contributed by atoms with van der Waals surface area (Å²) >= 11 is 5.51. The quantitative estimate of drug-likeness (QED) is 0.811. The zero-order valence-electron chi connectivity index (χ0n) is 6.72. The molecule has 0 atom stereocenters. The van der Waals surface area contributed by atoms with Crippen LogP contribution in [0.5, 0.6) is 5.88 Å². The van der Waals surface area contributed by atoms with Gasteiger partial charge < -0.3 is 10.5 Å². The maximum Gasteiger partial charge on any atom is 0.269 e. The Kier molecular flexibility index (Phi) is 2.87. The van der Waals surface area contributed by atoms with Gasteiger partial charge in [-0.2, -0.15) is 4.98 Å². The van der Waals surface area contributed by atoms with Crippen LogP contribution in [-0.4, -0.2) is 12.1 Å². The molecule has 1 heterocycles. The minimum Gasteiger partial charge on any atom is -0.481 e. The molecule has 0 spiro atoms. The van der Waals surface area contributed by atoms with Crippen molar-refractivity contribution >= 4 is 17.4 Å². The topological polar surface area (TPSA) is 48.1 Å². The third kappa shape index (κ3) is 1.98. The highest BCUT2D eigenvalue weighted by Crippen LogP contribution is 2.31. The zero-order valence-corrected chi connectivity index (χ0v) is 7.48. The lowest BCUT2D eigenvalue weighted by molar-refractivity contribution is 0.146. The summed E-state index contributed by atoms with van der Waals surface area (Å²) in [6.07, 6.45) is -2.68. The van der Waals surface area contributed by atoms with Crippen molar-refractivity contribution in [2.75, 3.05) is 12.8 Å². The molecule has 0 radical (unpaired) electrons. The van der Waals surface area contributed by atoms with Crippen LogP contribution in [0.15, 0.2) is 6.07 Å². The summed E-state index contributed by atoms with van der Waals surface area (Å²) in [7, 11) is 1.24. The van der Waals surface area contributed by atoms with E-state index in [1.165, 1.54) is 7.11 Å². The van der Waals surface area contributed by atoms with Crippen LogP contribution in [0.1, 0.15) is 12.0 Å². The number of rotatable bonds is 2. The lowest BCUT2D eigenvalue weighted by Gasteiger charge is -2.07. The summed E-state index contributed by atoms with van der Waals surface area (Å²) in [4.78, 5) is 3.56. The van der Waals surface area contributed by atoms with Gasteiger partial charge in [0.05, 0.1) is 17.7 Å². The molecule has 0 aliphatic heterocycles. The smallest absolute Gasteiger partial charge is 0.269 e. The first-order valence-corrected chi connectivity index (χ1v) is 3.72. The van der Waals surface area contributed by atoms with Crippen molar-refractivity contribution in [2.45, 2.75) is 6.43 Å². The summed E-state index contributed by atoms with van der Waals surface area (Å²) in [5, 5.41) is -0.00361. The third-order valence-corrected chi connectivity index (χ3v) is 1.73. The Morgan fingerprint density at radius 2 is 2.23 bits per heavy atom. The lowest BCUT2D eigenvalue weighted by atomic mass is 10.3. The Morgan fingerprint density at radius 3 is 2.69 bits per heavy atom. The molecule has 0 saturated carbocycles. The van der Waals surface area contributed by atoms with Gasteiger partial charge >= 0.3 is 0 Å². The summed E-state index contributed by atoms with van der Waals surface area (Å²) in [5.41, 5.74) is 4.94. The fourth-order valence-corrected chi connectivity index (χ4v) is 0.979. The van der Waals surface area contributed by atoms with Crippen LogP contribution in [0.25, 0.3) is 0 Å². The number of methoxy groups -OCH3 is 1. The van der Waals surface area contributed by atoms with Gasteiger partial charge in [-0.15, -0.1) is 0 Å². The highest BCUT2D eigenvalue weighted by Gasteiger charge is 2.17. The zero-order chi connectivity index (χ0) is 10.0. The maximum absolute atomic E-state index is 12.3. The number of anilines is 1. The van der Waals surface area contributed by atoms with Crippen molar-refractivity contribution in [1.29, 1.82) is 0 Å². The largest absolute Gasteiger partial charge is 0.481 e. The van der Waals surface area contributed by atoms with Crippen LogP contribution in [0.4, 0.5) is 14.6 Å². The number of ether oxygens (including phenoxy) is 1. The standard InChI is InChI=1S/C7H7ClF2N2O/c1-13-7-3(5(9)10)2-4(8)6(11)12-7/h2,5H,1H3,(H2,11,12). The summed E-state index contributed by atoms with van der Waals surface area (Å²) in [6, 6.07) is 1.05. The van der Waals surface area contributed by atoms with E-state index in [2.05, 4.69) is 9.72 Å². The predicted molar refractivity (Wildman–Crippen MR) is 45.2 cm³/mol. The molecular formula is C7H7ClF2N2O. The Hall–Kier alpha value is -1.10. The molecule has 1 aromatic heterocycles. The highest BCUT2D eigenvalue weighted by atomic mass is 35.5. The minimum atomic E-state index is -2.68. The molecule has 6 heteroatoms. The number of pyridine rings is 1. The van der Waals surface area contributed by atoms with E-state index in [4.69, 9.17) is 17.3 Å². The van der Waals surface area contributed by atoms with E-state index >= 15 is 0 Å². The molecule has 0 fully saturated rings. The number of nitrogen functional groups attached to an aromatic ring is 1. The van der Waals surface area contributed by atoms with Gasteiger partial charge in [0.15, 0.2) is 0 Å². The first kappa shape index (κ1) is 9.98. The second kappa shape index (κ2) is 3.74. The molecule has 1 rings (SSSR count). The fraction of sp³-hybridized carbons (Fsp3) is 0.286. The molecular weight excluding hydrogens is 202 g/mol. The molecule has 0 unspecified atom stereocenters. The molecule has 0 aliphatic rings. The van der Waals surface area contributed by atoms with E-state index in [9.17, 15) is 8.78 Å². The number of hydrogen-bond donors (Lipinski definition) is 1. The second-order valence-corrected chi connectivity index (χ2v) is 2.66. The monoisotopic (exact) mass is 208 g/mol. The van der Waals surface area contributed by atoms with Gasteiger partial charge in [-0.05, 0) is 6.07 Å². The number of nitrogens with zero attached hydrogens (tertiary/aromatic N) is 1. The number of halogens is 3. The molecule has 13 heavy (non-hydrogen) atoms. The minimum absolute atomic E-state index is 0.00361. The Labute approximate surface area is 78.5 Å². The first-order chi connectivity index (χ1) is 6.06. The molecule has 0 saturated heterocycles. The van der Waals surface area contributed by atoms with Gasteiger partial charge in [0.25, 0.3) is 6.43 Å². The van der Waals surface area contributed by atoms with Crippen molar-refractivity contribution in [3.63, 3.8) is 0 Å². The van der Waals surface area contributed by atoms with Crippen molar-refractivity contribution in [3.05, 3.63) is 16.7 Å². The van der Waals surface area contributed by atoms with Gasteiger partial charge in [0, 0.05) is 0 Å². The van der Waals surface area contributed by atoms with E-state index in [1.54, 1.807) is 0 Å². The fourth-order valence-electron chi connectivity index (χ4n) is 0.819. The maximum atomic E-state index is 12.3. The van der Waals surface area contributed by atoms with Gasteiger partial charge in [-0.25, -0.2) is 8.78 Å². The second-order valence-electron chi connectivity index (χ2n) is 2.25. The number of nitrogens with two attached hydrogens (primary N) is 1. The van der Waals surface area contributed by atoms with E-state index in [-0.39, 0.29) is 22.3 Å². The molecule has 1 aromatic rings. The molecule has 0 aromatic carbocycles.